The molecule has 0 unspecified atom stereocenters. The van der Waals surface area contributed by atoms with E-state index in [-0.39, 0.29) is 24.2 Å². The molecule has 1 aliphatic carbocycles. The van der Waals surface area contributed by atoms with Crippen LogP contribution in [0, 0.1) is 5.82 Å². The highest BCUT2D eigenvalue weighted by Gasteiger charge is 2.45. The van der Waals surface area contributed by atoms with E-state index >= 15 is 0 Å². The van der Waals surface area contributed by atoms with Gasteiger partial charge in [-0.05, 0) is 25.0 Å². The molecule has 1 aromatic carbocycles. The summed E-state index contributed by atoms with van der Waals surface area (Å²) in [5.41, 5.74) is -1.89. The highest BCUT2D eigenvalue weighted by Crippen LogP contribution is 2.46. The number of carboxylic acid groups (broad SMARTS) is 1. The largest absolute Gasteiger partial charge is 0.493 e. The molecule has 3 nitrogen and oxygen atoms in total. The lowest BCUT2D eigenvalue weighted by Gasteiger charge is -2.35. The zero-order valence-corrected chi connectivity index (χ0v) is 12.6. The molecule has 2 rings (SSSR count). The first-order valence-corrected chi connectivity index (χ1v) is 7.22. The molecule has 0 heterocycles. The van der Waals surface area contributed by atoms with Crippen LogP contribution in [0.5, 0.6) is 5.75 Å². The van der Waals surface area contributed by atoms with Crippen LogP contribution in [0.15, 0.2) is 12.1 Å². The van der Waals surface area contributed by atoms with Crippen LogP contribution in [0.4, 0.5) is 13.2 Å². The zero-order chi connectivity index (χ0) is 16.5. The Bertz CT molecular complexity index is 573. The number of ether oxygens (including phenoxy) is 1. The number of benzene rings is 1. The molecule has 0 amide bonds. The third-order valence-corrected chi connectivity index (χ3v) is 4.39. The molecule has 1 aliphatic rings. The summed E-state index contributed by atoms with van der Waals surface area (Å²) in [6.07, 6.45) is 2.77. The molecule has 0 atom stereocenters. The van der Waals surface area contributed by atoms with Gasteiger partial charge in [0.05, 0.1) is 12.5 Å². The number of methoxy groups -OCH3 is 1. The van der Waals surface area contributed by atoms with E-state index in [1.54, 1.807) is 0 Å². The maximum Gasteiger partial charge on any atom is 0.314 e. The quantitative estimate of drug-likeness (QED) is 0.904. The number of aliphatic carboxylic acids is 1. The fourth-order valence-corrected chi connectivity index (χ4v) is 3.16. The lowest BCUT2D eigenvalue weighted by Crippen LogP contribution is -2.38. The molecule has 0 aromatic heterocycles. The molecule has 122 valence electrons. The van der Waals surface area contributed by atoms with Gasteiger partial charge in [0.1, 0.15) is 0 Å². The van der Waals surface area contributed by atoms with Crippen LogP contribution < -0.4 is 4.74 Å². The number of hydrogen-bond donors (Lipinski definition) is 1. The van der Waals surface area contributed by atoms with E-state index in [0.29, 0.717) is 25.8 Å². The molecule has 0 saturated heterocycles. The van der Waals surface area contributed by atoms with Gasteiger partial charge in [-0.15, -0.1) is 0 Å². The number of carboxylic acids is 1. The second-order valence-corrected chi connectivity index (χ2v) is 5.88. The van der Waals surface area contributed by atoms with Crippen LogP contribution in [-0.2, 0) is 16.1 Å². The monoisotopic (exact) mass is 316 g/mol. The molecule has 1 saturated carbocycles. The van der Waals surface area contributed by atoms with Gasteiger partial charge in [0.2, 0.25) is 0 Å². The van der Waals surface area contributed by atoms with Gasteiger partial charge in [0.15, 0.2) is 11.6 Å². The van der Waals surface area contributed by atoms with Crippen molar-refractivity contribution < 1.29 is 27.8 Å². The second-order valence-electron chi connectivity index (χ2n) is 5.88. The average molecular weight is 316 g/mol. The molecule has 6 heteroatoms. The Hall–Kier alpha value is -1.72. The molecular formula is C16H19F3O3. The first kappa shape index (κ1) is 16.6. The average Bonchev–Trinajstić information content (AvgIpc) is 2.46. The summed E-state index contributed by atoms with van der Waals surface area (Å²) in [4.78, 5) is 11.9. The van der Waals surface area contributed by atoms with Gasteiger partial charge in [0.25, 0.3) is 5.92 Å². The van der Waals surface area contributed by atoms with Crippen molar-refractivity contribution >= 4 is 5.97 Å². The predicted octanol–water partition coefficient (Wildman–Crippen LogP) is 4.23. The maximum absolute atomic E-state index is 14.2. The molecule has 1 N–H and O–H groups in total. The van der Waals surface area contributed by atoms with E-state index in [1.807, 2.05) is 0 Å². The minimum atomic E-state index is -3.25. The van der Waals surface area contributed by atoms with Gasteiger partial charge >= 0.3 is 5.97 Å². The molecular weight excluding hydrogens is 297 g/mol. The van der Waals surface area contributed by atoms with Crippen molar-refractivity contribution in [2.45, 2.75) is 50.4 Å². The van der Waals surface area contributed by atoms with Crippen molar-refractivity contribution in [3.8, 4) is 5.75 Å². The van der Waals surface area contributed by atoms with Crippen LogP contribution in [-0.4, -0.2) is 18.2 Å². The highest BCUT2D eigenvalue weighted by molar-refractivity contribution is 5.83. The first-order valence-electron chi connectivity index (χ1n) is 7.22. The van der Waals surface area contributed by atoms with Crippen molar-refractivity contribution in [3.05, 3.63) is 29.1 Å². The lowest BCUT2D eigenvalue weighted by molar-refractivity contribution is -0.145. The van der Waals surface area contributed by atoms with E-state index in [9.17, 15) is 23.1 Å². The molecule has 0 bridgehead atoms. The standard InChI is InChI=1S/C16H19F3O3/c1-15(18,19)10-8-11(13(22-2)12(17)9-10)16(14(20)21)6-4-3-5-7-16/h8-9H,3-7H2,1-2H3,(H,20,21). The molecule has 1 aromatic rings. The number of alkyl halides is 2. The van der Waals surface area contributed by atoms with Gasteiger partial charge in [0, 0.05) is 18.1 Å². The minimum Gasteiger partial charge on any atom is -0.493 e. The van der Waals surface area contributed by atoms with E-state index < -0.39 is 28.7 Å². The van der Waals surface area contributed by atoms with Crippen molar-refractivity contribution in [2.75, 3.05) is 7.11 Å². The molecule has 0 aliphatic heterocycles. The Morgan fingerprint density at radius 2 is 1.86 bits per heavy atom. The van der Waals surface area contributed by atoms with Crippen LogP contribution in [0.25, 0.3) is 0 Å². The van der Waals surface area contributed by atoms with Gasteiger partial charge in [-0.1, -0.05) is 19.3 Å². The Morgan fingerprint density at radius 1 is 1.27 bits per heavy atom. The maximum atomic E-state index is 14.2. The van der Waals surface area contributed by atoms with Gasteiger partial charge in [-0.3, -0.25) is 4.79 Å². The van der Waals surface area contributed by atoms with E-state index in [4.69, 9.17) is 4.74 Å². The van der Waals surface area contributed by atoms with Crippen LogP contribution in [0.2, 0.25) is 0 Å². The summed E-state index contributed by atoms with van der Waals surface area (Å²) in [6, 6.07) is 1.79. The van der Waals surface area contributed by atoms with E-state index in [1.165, 1.54) is 7.11 Å². The third kappa shape index (κ3) is 2.78. The van der Waals surface area contributed by atoms with Crippen LogP contribution in [0.1, 0.15) is 50.2 Å². The Morgan fingerprint density at radius 3 is 2.32 bits per heavy atom. The van der Waals surface area contributed by atoms with Gasteiger partial charge < -0.3 is 9.84 Å². The molecule has 1 fully saturated rings. The zero-order valence-electron chi connectivity index (χ0n) is 12.6. The van der Waals surface area contributed by atoms with Crippen molar-refractivity contribution in [1.29, 1.82) is 0 Å². The Kier molecular flexibility index (Phi) is 4.40. The first-order chi connectivity index (χ1) is 10.2. The topological polar surface area (TPSA) is 46.5 Å². The smallest absolute Gasteiger partial charge is 0.314 e. The van der Waals surface area contributed by atoms with Gasteiger partial charge in [-0.2, -0.15) is 0 Å². The molecule has 22 heavy (non-hydrogen) atoms. The summed E-state index contributed by atoms with van der Waals surface area (Å²) in [7, 11) is 1.21. The summed E-state index contributed by atoms with van der Waals surface area (Å²) >= 11 is 0. The molecule has 0 radical (unpaired) electrons. The summed E-state index contributed by atoms with van der Waals surface area (Å²) in [5.74, 6) is -5.59. The van der Waals surface area contributed by atoms with Crippen molar-refractivity contribution in [2.24, 2.45) is 0 Å². The number of halogens is 3. The number of rotatable bonds is 4. The highest BCUT2D eigenvalue weighted by atomic mass is 19.3. The number of hydrogen-bond acceptors (Lipinski definition) is 2. The fourth-order valence-electron chi connectivity index (χ4n) is 3.16. The van der Waals surface area contributed by atoms with E-state index in [0.717, 1.165) is 12.5 Å². The summed E-state index contributed by atoms with van der Waals surface area (Å²) < 4.78 is 46.3. The third-order valence-electron chi connectivity index (χ3n) is 4.39. The molecule has 0 spiro atoms. The van der Waals surface area contributed by atoms with Gasteiger partial charge in [-0.25, -0.2) is 13.2 Å². The Labute approximate surface area is 127 Å². The summed E-state index contributed by atoms with van der Waals surface area (Å²) in [5, 5.41) is 9.68. The van der Waals surface area contributed by atoms with E-state index in [2.05, 4.69) is 0 Å². The SMILES string of the molecule is COc1c(F)cc(C(C)(F)F)cc1C1(C(=O)O)CCCCC1. The van der Waals surface area contributed by atoms with Crippen molar-refractivity contribution in [3.63, 3.8) is 0 Å². The lowest BCUT2D eigenvalue weighted by atomic mass is 9.68. The normalized spacial score (nSPS) is 18.0. The Balaban J connectivity index is 2.70. The van der Waals surface area contributed by atoms with Crippen LogP contribution in [0.3, 0.4) is 0 Å². The summed E-state index contributed by atoms with van der Waals surface area (Å²) in [6.45, 7) is 0.659. The minimum absolute atomic E-state index is 0.0127. The predicted molar refractivity (Wildman–Crippen MR) is 74.9 cm³/mol. The van der Waals surface area contributed by atoms with Crippen LogP contribution >= 0.6 is 0 Å². The fraction of sp³-hybridized carbons (Fsp3) is 0.562. The number of carbonyl (C=O) groups is 1. The second kappa shape index (κ2) is 5.82. The van der Waals surface area contributed by atoms with Crippen molar-refractivity contribution in [1.82, 2.24) is 0 Å².